The van der Waals surface area contributed by atoms with E-state index in [2.05, 4.69) is 49.4 Å². The van der Waals surface area contributed by atoms with Crippen LogP contribution in [0.25, 0.3) is 5.00 Å². The predicted octanol–water partition coefficient (Wildman–Crippen LogP) is 6.09. The molecule has 43 heavy (non-hydrogen) atoms. The number of hydrogen-bond acceptors (Lipinski definition) is 8. The van der Waals surface area contributed by atoms with Crippen molar-refractivity contribution in [3.63, 3.8) is 0 Å². The van der Waals surface area contributed by atoms with Crippen molar-refractivity contribution in [2.45, 2.75) is 33.2 Å². The molecule has 6 rings (SSSR count). The van der Waals surface area contributed by atoms with Crippen molar-refractivity contribution in [3.05, 3.63) is 90.7 Å². The van der Waals surface area contributed by atoms with Crippen LogP contribution in [-0.2, 0) is 9.53 Å². The van der Waals surface area contributed by atoms with Gasteiger partial charge in [0.1, 0.15) is 16.9 Å². The Hall–Kier alpha value is -3.54. The molecule has 2 aromatic heterocycles. The van der Waals surface area contributed by atoms with Crippen LogP contribution in [0.2, 0.25) is 5.02 Å². The summed E-state index contributed by atoms with van der Waals surface area (Å²) in [6, 6.07) is 12.8. The maximum absolute atomic E-state index is 13.8. The zero-order valence-electron chi connectivity index (χ0n) is 24.2. The number of carbonyl (C=O) groups excluding carboxylic acids is 2. The molecule has 0 saturated carbocycles. The Morgan fingerprint density at radius 1 is 1.05 bits per heavy atom. The fourth-order valence-electron chi connectivity index (χ4n) is 5.62. The smallest absolute Gasteiger partial charge is 0.339 e. The molecule has 1 fully saturated rings. The highest BCUT2D eigenvalue weighted by Gasteiger charge is 2.34. The molecule has 4 heterocycles. The molecule has 0 aliphatic carbocycles. The van der Waals surface area contributed by atoms with Gasteiger partial charge in [0.05, 0.1) is 24.8 Å². The van der Waals surface area contributed by atoms with E-state index in [9.17, 15) is 9.59 Å². The monoisotopic (exact) mass is 680 g/mol. The van der Waals surface area contributed by atoms with Crippen molar-refractivity contribution in [3.8, 4) is 5.00 Å². The quantitative estimate of drug-likeness (QED) is 0.237. The third-order valence-corrected chi connectivity index (χ3v) is 10.2. The number of rotatable bonds is 5. The molecule has 0 radical (unpaired) electrons. The molecule has 1 saturated heterocycles. The minimum Gasteiger partial charge on any atom is -0.465 e. The molecule has 0 spiro atoms. The average Bonchev–Trinajstić information content (AvgIpc) is 3.49. The number of aryl methyl sites for hydroxylation is 2. The van der Waals surface area contributed by atoms with Crippen molar-refractivity contribution >= 4 is 62.1 Å². The van der Waals surface area contributed by atoms with E-state index in [0.717, 1.165) is 38.9 Å². The number of piperazine rings is 1. The first-order valence-corrected chi connectivity index (χ1v) is 15.9. The fourth-order valence-corrected chi connectivity index (χ4v) is 7.37. The Bertz CT molecular complexity index is 1760. The first-order valence-electron chi connectivity index (χ1n) is 13.9. The number of aromatic nitrogens is 3. The molecule has 1 amide bonds. The highest BCUT2D eigenvalue weighted by molar-refractivity contribution is 9.10. The first-order chi connectivity index (χ1) is 20.7. The summed E-state index contributed by atoms with van der Waals surface area (Å²) in [6.45, 7) is 8.55. The van der Waals surface area contributed by atoms with Crippen LogP contribution in [0.3, 0.4) is 0 Å². The molecule has 1 atom stereocenters. The number of ether oxygens (including phenoxy) is 1. The molecule has 2 aliphatic heterocycles. The maximum atomic E-state index is 13.8. The molecule has 0 N–H and O–H groups in total. The number of amides is 1. The summed E-state index contributed by atoms with van der Waals surface area (Å²) < 4.78 is 7.66. The van der Waals surface area contributed by atoms with E-state index in [4.69, 9.17) is 21.3 Å². The van der Waals surface area contributed by atoms with Crippen LogP contribution < -0.4 is 4.90 Å². The largest absolute Gasteiger partial charge is 0.465 e. The lowest BCUT2D eigenvalue weighted by atomic mass is 9.99. The number of hydrogen-bond donors (Lipinski definition) is 0. The van der Waals surface area contributed by atoms with E-state index < -0.39 is 12.0 Å². The number of benzene rings is 2. The van der Waals surface area contributed by atoms with Gasteiger partial charge in [-0.1, -0.05) is 23.7 Å². The lowest BCUT2D eigenvalue weighted by Gasteiger charge is -2.36. The second kappa shape index (κ2) is 11.9. The van der Waals surface area contributed by atoms with Gasteiger partial charge in [-0.3, -0.25) is 14.4 Å². The summed E-state index contributed by atoms with van der Waals surface area (Å²) >= 11 is 11.3. The second-order valence-corrected chi connectivity index (χ2v) is 13.1. The van der Waals surface area contributed by atoms with Crippen LogP contribution in [-0.4, -0.2) is 70.5 Å². The van der Waals surface area contributed by atoms with Gasteiger partial charge >= 0.3 is 5.97 Å². The average molecular weight is 682 g/mol. The van der Waals surface area contributed by atoms with Crippen molar-refractivity contribution in [1.82, 2.24) is 19.7 Å². The summed E-state index contributed by atoms with van der Waals surface area (Å²) in [4.78, 5) is 36.5. The minimum absolute atomic E-state index is 0.0141. The Kier molecular flexibility index (Phi) is 8.14. The zero-order valence-corrected chi connectivity index (χ0v) is 27.4. The Labute approximate surface area is 267 Å². The van der Waals surface area contributed by atoms with Gasteiger partial charge in [0.2, 0.25) is 5.91 Å². The van der Waals surface area contributed by atoms with Gasteiger partial charge in [-0.2, -0.15) is 0 Å². The van der Waals surface area contributed by atoms with Crippen molar-refractivity contribution in [1.29, 1.82) is 0 Å². The van der Waals surface area contributed by atoms with Gasteiger partial charge in [0, 0.05) is 57.4 Å². The van der Waals surface area contributed by atoms with Gasteiger partial charge in [-0.25, -0.2) is 4.79 Å². The van der Waals surface area contributed by atoms with Crippen LogP contribution in [0.15, 0.2) is 51.9 Å². The molecular weight excluding hydrogens is 652 g/mol. The Balaban J connectivity index is 1.27. The summed E-state index contributed by atoms with van der Waals surface area (Å²) in [5, 5.41) is 10.6. The Morgan fingerprint density at radius 3 is 2.47 bits per heavy atom. The summed E-state index contributed by atoms with van der Waals surface area (Å²) in [7, 11) is 1.37. The molecule has 222 valence electrons. The lowest BCUT2D eigenvalue weighted by molar-refractivity contribution is -0.131. The van der Waals surface area contributed by atoms with Crippen LogP contribution >= 0.6 is 38.9 Å². The highest BCUT2D eigenvalue weighted by Crippen LogP contribution is 2.40. The maximum Gasteiger partial charge on any atom is 0.339 e. The van der Waals surface area contributed by atoms with Gasteiger partial charge in [-0.15, -0.1) is 21.5 Å². The van der Waals surface area contributed by atoms with E-state index in [1.54, 1.807) is 11.3 Å². The number of carbonyl (C=O) groups is 2. The molecule has 4 aromatic rings. The number of anilines is 1. The van der Waals surface area contributed by atoms with Gasteiger partial charge in [0.25, 0.3) is 0 Å². The molecule has 2 aromatic carbocycles. The van der Waals surface area contributed by atoms with E-state index in [0.29, 0.717) is 47.1 Å². The van der Waals surface area contributed by atoms with E-state index in [1.807, 2.05) is 54.3 Å². The van der Waals surface area contributed by atoms with Gasteiger partial charge in [0.15, 0.2) is 5.82 Å². The molecule has 2 aliphatic rings. The number of fused-ring (bicyclic) bond motifs is 3. The molecule has 0 bridgehead atoms. The molecular formula is C31H30BrClN6O3S. The third-order valence-electron chi connectivity index (χ3n) is 8.08. The van der Waals surface area contributed by atoms with E-state index >= 15 is 0 Å². The van der Waals surface area contributed by atoms with Crippen LogP contribution in [0.4, 0.5) is 5.69 Å². The standard InChI is InChI=1S/C31H30BrClN6O3S/c1-17-18(2)43-30-27(17)28(20-5-7-21(33)8-6-20)34-25(29-36-35-19(3)39(29)30)16-26(40)38-13-11-37(12-14-38)22-9-10-24(32)23(15-22)31(41)42-4/h5-10,15,25H,11-14,16H2,1-4H3/t25-/m0/s1. The number of halogens is 2. The molecule has 12 heteroatoms. The van der Waals surface area contributed by atoms with Gasteiger partial charge in [-0.05, 0) is 72.6 Å². The highest BCUT2D eigenvalue weighted by atomic mass is 79.9. The molecule has 0 unspecified atom stereocenters. The van der Waals surface area contributed by atoms with E-state index in [-0.39, 0.29) is 12.3 Å². The predicted molar refractivity (Wildman–Crippen MR) is 172 cm³/mol. The van der Waals surface area contributed by atoms with Crippen molar-refractivity contribution < 1.29 is 14.3 Å². The fraction of sp³-hybridized carbons (Fsp3) is 0.323. The third kappa shape index (κ3) is 5.49. The summed E-state index contributed by atoms with van der Waals surface area (Å²) in [6.07, 6.45) is 0.174. The van der Waals surface area contributed by atoms with Crippen LogP contribution in [0, 0.1) is 20.8 Å². The first kappa shape index (κ1) is 29.5. The number of esters is 1. The number of nitrogens with zero attached hydrogens (tertiary/aromatic N) is 6. The van der Waals surface area contributed by atoms with Crippen molar-refractivity contribution in [2.75, 3.05) is 38.2 Å². The number of aliphatic imine (C=N–C) groups is 1. The normalized spacial score (nSPS) is 16.3. The topological polar surface area (TPSA) is 92.9 Å². The SMILES string of the molecule is COC(=O)c1cc(N2CCN(C(=O)C[C@@H]3N=C(c4ccc(Cl)cc4)c4c(sc(C)c4C)-n4c(C)nnc43)CC2)ccc1Br. The van der Waals surface area contributed by atoms with Crippen molar-refractivity contribution in [2.24, 2.45) is 4.99 Å². The number of thiophene rings is 1. The Morgan fingerprint density at radius 2 is 1.77 bits per heavy atom. The minimum atomic E-state index is -0.509. The second-order valence-electron chi connectivity index (χ2n) is 10.6. The lowest BCUT2D eigenvalue weighted by Crippen LogP contribution is -2.49. The summed E-state index contributed by atoms with van der Waals surface area (Å²) in [5.74, 6) is 1.05. The summed E-state index contributed by atoms with van der Waals surface area (Å²) in [5.41, 5.74) is 5.35. The van der Waals surface area contributed by atoms with Crippen LogP contribution in [0.5, 0.6) is 0 Å². The molecule has 9 nitrogen and oxygen atoms in total. The van der Waals surface area contributed by atoms with Crippen LogP contribution in [0.1, 0.15) is 56.0 Å². The number of methoxy groups -OCH3 is 1. The van der Waals surface area contributed by atoms with Gasteiger partial charge < -0.3 is 14.5 Å². The van der Waals surface area contributed by atoms with E-state index in [1.165, 1.54) is 12.0 Å². The zero-order chi connectivity index (χ0) is 30.4.